The van der Waals surface area contributed by atoms with Crippen LogP contribution in [0.5, 0.6) is 0 Å². The number of aromatic nitrogens is 1. The van der Waals surface area contributed by atoms with Crippen molar-refractivity contribution in [2.75, 3.05) is 0 Å². The average molecular weight is 170 g/mol. The van der Waals surface area contributed by atoms with Crippen molar-refractivity contribution < 1.29 is 0 Å². The Morgan fingerprint density at radius 1 is 1.45 bits per heavy atom. The van der Waals surface area contributed by atoms with Crippen molar-refractivity contribution in [3.63, 3.8) is 0 Å². The minimum absolute atomic E-state index is 0.499. The first-order valence-electron chi connectivity index (χ1n) is 3.75. The Morgan fingerprint density at radius 3 is 2.55 bits per heavy atom. The molecule has 0 saturated carbocycles. The second-order valence-electron chi connectivity index (χ2n) is 2.88. The van der Waals surface area contributed by atoms with Gasteiger partial charge in [0.1, 0.15) is 0 Å². The molecule has 2 heteroatoms. The van der Waals surface area contributed by atoms with Gasteiger partial charge >= 0.3 is 0 Å². The fourth-order valence-corrected chi connectivity index (χ4v) is 1.01. The van der Waals surface area contributed by atoms with E-state index < -0.39 is 0 Å². The van der Waals surface area contributed by atoms with E-state index in [1.807, 2.05) is 18.3 Å². The molecule has 0 aliphatic heterocycles. The van der Waals surface area contributed by atoms with Crippen molar-refractivity contribution in [3.8, 4) is 0 Å². The largest absolute Gasteiger partial charge is 0.261 e. The van der Waals surface area contributed by atoms with Gasteiger partial charge in [-0.05, 0) is 17.5 Å². The van der Waals surface area contributed by atoms with Gasteiger partial charge in [0.2, 0.25) is 0 Å². The van der Waals surface area contributed by atoms with Crippen molar-refractivity contribution in [1.29, 1.82) is 0 Å². The third-order valence-electron chi connectivity index (χ3n) is 1.59. The number of rotatable bonds is 2. The van der Waals surface area contributed by atoms with E-state index in [2.05, 4.69) is 18.8 Å². The minimum Gasteiger partial charge on any atom is -0.261 e. The van der Waals surface area contributed by atoms with E-state index in [0.717, 1.165) is 11.3 Å². The Labute approximate surface area is 72.4 Å². The maximum absolute atomic E-state index is 5.62. The van der Waals surface area contributed by atoms with Crippen molar-refractivity contribution in [3.05, 3.63) is 29.6 Å². The van der Waals surface area contributed by atoms with Crippen LogP contribution in [0.3, 0.4) is 0 Å². The van der Waals surface area contributed by atoms with Gasteiger partial charge in [-0.3, -0.25) is 4.98 Å². The van der Waals surface area contributed by atoms with Gasteiger partial charge in [-0.1, -0.05) is 19.9 Å². The van der Waals surface area contributed by atoms with E-state index in [9.17, 15) is 0 Å². The van der Waals surface area contributed by atoms with Gasteiger partial charge in [0, 0.05) is 17.8 Å². The fourth-order valence-electron chi connectivity index (χ4n) is 0.856. The lowest BCUT2D eigenvalue weighted by atomic mass is 10.1. The summed E-state index contributed by atoms with van der Waals surface area (Å²) in [5.41, 5.74) is 2.20. The van der Waals surface area contributed by atoms with Crippen LogP contribution in [0.4, 0.5) is 0 Å². The van der Waals surface area contributed by atoms with Gasteiger partial charge in [-0.15, -0.1) is 11.6 Å². The lowest BCUT2D eigenvalue weighted by molar-refractivity contribution is 0.820. The minimum atomic E-state index is 0.499. The summed E-state index contributed by atoms with van der Waals surface area (Å²) < 4.78 is 0. The third-order valence-corrected chi connectivity index (χ3v) is 1.90. The van der Waals surface area contributed by atoms with Gasteiger partial charge < -0.3 is 0 Å². The lowest BCUT2D eigenvalue weighted by Crippen LogP contribution is -1.92. The molecule has 1 heterocycles. The Hall–Kier alpha value is -0.560. The molecule has 0 spiro atoms. The fraction of sp³-hybridized carbons (Fsp3) is 0.444. The molecule has 0 radical (unpaired) electrons. The molecule has 11 heavy (non-hydrogen) atoms. The second kappa shape index (κ2) is 3.72. The molecule has 0 atom stereocenters. The molecule has 0 amide bonds. The smallest absolute Gasteiger partial charge is 0.0489 e. The average Bonchev–Trinajstić information content (AvgIpc) is 2.05. The zero-order valence-electron chi connectivity index (χ0n) is 6.84. The maximum Gasteiger partial charge on any atom is 0.0489 e. The van der Waals surface area contributed by atoms with Crippen LogP contribution in [-0.2, 0) is 5.88 Å². The summed E-state index contributed by atoms with van der Waals surface area (Å²) in [5, 5.41) is 0. The summed E-state index contributed by atoms with van der Waals surface area (Å²) in [4.78, 5) is 4.26. The summed E-state index contributed by atoms with van der Waals surface area (Å²) in [7, 11) is 0. The predicted molar refractivity (Wildman–Crippen MR) is 47.9 cm³/mol. The zero-order valence-corrected chi connectivity index (χ0v) is 7.60. The maximum atomic E-state index is 5.62. The Kier molecular flexibility index (Phi) is 2.89. The molecular formula is C9H12ClN. The molecule has 1 aromatic heterocycles. The van der Waals surface area contributed by atoms with Crippen LogP contribution in [0.1, 0.15) is 31.0 Å². The highest BCUT2D eigenvalue weighted by Crippen LogP contribution is 2.11. The Balaban J connectivity index is 2.83. The van der Waals surface area contributed by atoms with E-state index in [-0.39, 0.29) is 0 Å². The molecule has 0 unspecified atom stereocenters. The molecule has 0 aromatic carbocycles. The topological polar surface area (TPSA) is 12.9 Å². The van der Waals surface area contributed by atoms with E-state index in [4.69, 9.17) is 11.6 Å². The number of pyridine rings is 1. The quantitative estimate of drug-likeness (QED) is 0.621. The highest BCUT2D eigenvalue weighted by molar-refractivity contribution is 6.17. The van der Waals surface area contributed by atoms with Crippen molar-refractivity contribution in [2.24, 2.45) is 0 Å². The summed E-state index contributed by atoms with van der Waals surface area (Å²) in [6.07, 6.45) is 1.84. The van der Waals surface area contributed by atoms with Gasteiger partial charge in [-0.2, -0.15) is 0 Å². The molecule has 0 fully saturated rings. The van der Waals surface area contributed by atoms with Crippen molar-refractivity contribution >= 4 is 11.6 Å². The number of nitrogens with zero attached hydrogens (tertiary/aromatic N) is 1. The summed E-state index contributed by atoms with van der Waals surface area (Å²) >= 11 is 5.62. The SMILES string of the molecule is CC(C)c1ccc(CCl)cn1. The molecule has 0 bridgehead atoms. The molecule has 1 nitrogen and oxygen atoms in total. The summed E-state index contributed by atoms with van der Waals surface area (Å²) in [6, 6.07) is 4.05. The van der Waals surface area contributed by atoms with Crippen LogP contribution in [0.2, 0.25) is 0 Å². The number of alkyl halides is 1. The monoisotopic (exact) mass is 169 g/mol. The molecule has 0 aliphatic rings. The zero-order chi connectivity index (χ0) is 8.27. The van der Waals surface area contributed by atoms with Crippen molar-refractivity contribution in [2.45, 2.75) is 25.6 Å². The van der Waals surface area contributed by atoms with Crippen LogP contribution in [0.15, 0.2) is 18.3 Å². The molecular weight excluding hydrogens is 158 g/mol. The van der Waals surface area contributed by atoms with E-state index in [1.54, 1.807) is 0 Å². The summed E-state index contributed by atoms with van der Waals surface area (Å²) in [6.45, 7) is 4.26. The predicted octanol–water partition coefficient (Wildman–Crippen LogP) is 2.94. The highest BCUT2D eigenvalue weighted by Gasteiger charge is 1.98. The Bertz CT molecular complexity index is 216. The lowest BCUT2D eigenvalue weighted by Gasteiger charge is -2.03. The Morgan fingerprint density at radius 2 is 2.18 bits per heavy atom. The standard InChI is InChI=1S/C9H12ClN/c1-7(2)9-4-3-8(5-10)6-11-9/h3-4,6-7H,5H2,1-2H3. The van der Waals surface area contributed by atoms with Crippen molar-refractivity contribution in [1.82, 2.24) is 4.98 Å². The number of hydrogen-bond acceptors (Lipinski definition) is 1. The van der Waals surface area contributed by atoms with Gasteiger partial charge in [0.25, 0.3) is 0 Å². The van der Waals surface area contributed by atoms with E-state index >= 15 is 0 Å². The van der Waals surface area contributed by atoms with Gasteiger partial charge in [0.15, 0.2) is 0 Å². The van der Waals surface area contributed by atoms with Crippen LogP contribution >= 0.6 is 11.6 Å². The number of hydrogen-bond donors (Lipinski definition) is 0. The first-order valence-corrected chi connectivity index (χ1v) is 4.28. The summed E-state index contributed by atoms with van der Waals surface area (Å²) in [5.74, 6) is 1.05. The molecule has 0 saturated heterocycles. The molecule has 60 valence electrons. The second-order valence-corrected chi connectivity index (χ2v) is 3.15. The van der Waals surface area contributed by atoms with E-state index in [1.165, 1.54) is 0 Å². The molecule has 0 aliphatic carbocycles. The first-order chi connectivity index (χ1) is 5.24. The van der Waals surface area contributed by atoms with Gasteiger partial charge in [-0.25, -0.2) is 0 Å². The van der Waals surface area contributed by atoms with Crippen LogP contribution in [-0.4, -0.2) is 4.98 Å². The number of halogens is 1. The molecule has 1 rings (SSSR count). The highest BCUT2D eigenvalue weighted by atomic mass is 35.5. The van der Waals surface area contributed by atoms with Crippen LogP contribution in [0.25, 0.3) is 0 Å². The van der Waals surface area contributed by atoms with Crippen LogP contribution < -0.4 is 0 Å². The normalized spacial score (nSPS) is 10.5. The molecule has 1 aromatic rings. The molecule has 0 N–H and O–H groups in total. The van der Waals surface area contributed by atoms with Crippen LogP contribution in [0, 0.1) is 0 Å². The van der Waals surface area contributed by atoms with Gasteiger partial charge in [0.05, 0.1) is 0 Å². The third kappa shape index (κ3) is 2.19. The van der Waals surface area contributed by atoms with E-state index in [0.29, 0.717) is 11.8 Å². The first kappa shape index (κ1) is 8.54.